The van der Waals surface area contributed by atoms with Crippen molar-refractivity contribution in [2.75, 3.05) is 4.90 Å². The van der Waals surface area contributed by atoms with E-state index in [0.29, 0.717) is 23.5 Å². The summed E-state index contributed by atoms with van der Waals surface area (Å²) in [6.07, 6.45) is 0. The summed E-state index contributed by atoms with van der Waals surface area (Å²) in [6.45, 7) is 2.05. The number of carbonyl (C=O) groups is 2. The minimum Gasteiger partial charge on any atom is -0.478 e. The average Bonchev–Trinajstić information content (AvgIpc) is 2.85. The van der Waals surface area contributed by atoms with E-state index in [0.717, 1.165) is 11.1 Å². The quantitative estimate of drug-likeness (QED) is 0.660. The van der Waals surface area contributed by atoms with E-state index in [2.05, 4.69) is 0 Å². The Labute approximate surface area is 179 Å². The summed E-state index contributed by atoms with van der Waals surface area (Å²) < 4.78 is 0. The number of amides is 1. The van der Waals surface area contributed by atoms with Crippen LogP contribution >= 0.6 is 11.6 Å². The molecular weight excluding hydrogens is 400 g/mol. The van der Waals surface area contributed by atoms with E-state index >= 15 is 0 Å². The topological polar surface area (TPSA) is 70.0 Å². The predicted octanol–water partition coefficient (Wildman–Crippen LogP) is 4.81. The Kier molecular flexibility index (Phi) is 5.38. The molecule has 1 atom stereocenters. The van der Waals surface area contributed by atoms with Crippen molar-refractivity contribution in [3.05, 3.63) is 100 Å². The predicted molar refractivity (Wildman–Crippen MR) is 118 cm³/mol. The summed E-state index contributed by atoms with van der Waals surface area (Å²) in [5, 5.41) is 9.70. The highest BCUT2D eigenvalue weighted by Crippen LogP contribution is 2.34. The molecule has 1 N–H and O–H groups in total. The van der Waals surface area contributed by atoms with Crippen LogP contribution in [0.4, 0.5) is 5.69 Å². The maximum atomic E-state index is 13.3. The smallest absolute Gasteiger partial charge is 0.337 e. The van der Waals surface area contributed by atoms with Gasteiger partial charge in [0.15, 0.2) is 0 Å². The fourth-order valence-corrected chi connectivity index (χ4v) is 3.80. The second-order valence-corrected chi connectivity index (χ2v) is 7.49. The van der Waals surface area contributed by atoms with Gasteiger partial charge in [-0.05, 0) is 24.6 Å². The molecule has 0 spiro atoms. The number of anilines is 1. The van der Waals surface area contributed by atoms with Gasteiger partial charge in [0.1, 0.15) is 6.04 Å². The second-order valence-electron chi connectivity index (χ2n) is 7.08. The Bertz CT molecular complexity index is 1140. The number of aliphatic imine (C=N–C) groups is 1. The molecule has 0 aromatic heterocycles. The molecule has 0 radical (unpaired) electrons. The molecule has 5 nitrogen and oxygen atoms in total. The zero-order chi connectivity index (χ0) is 21.3. The molecule has 150 valence electrons. The van der Waals surface area contributed by atoms with Crippen LogP contribution in [0.5, 0.6) is 0 Å². The summed E-state index contributed by atoms with van der Waals surface area (Å²) in [5.74, 6) is -1.35. The van der Waals surface area contributed by atoms with Crippen LogP contribution in [0.2, 0.25) is 5.02 Å². The van der Waals surface area contributed by atoms with Crippen LogP contribution in [-0.4, -0.2) is 28.7 Å². The molecule has 0 fully saturated rings. The van der Waals surface area contributed by atoms with E-state index < -0.39 is 12.0 Å². The van der Waals surface area contributed by atoms with Gasteiger partial charge in [0, 0.05) is 11.1 Å². The van der Waals surface area contributed by atoms with Gasteiger partial charge in [-0.2, -0.15) is 0 Å². The molecule has 1 aliphatic rings. The molecule has 1 heterocycles. The van der Waals surface area contributed by atoms with Gasteiger partial charge in [-0.25, -0.2) is 4.79 Å². The highest BCUT2D eigenvalue weighted by atomic mass is 35.5. The lowest BCUT2D eigenvalue weighted by molar-refractivity contribution is -0.119. The number of carbonyl (C=O) groups excluding carboxylic acids is 1. The van der Waals surface area contributed by atoms with Crippen LogP contribution in [-0.2, 0) is 11.3 Å². The monoisotopic (exact) mass is 418 g/mol. The Hall–Kier alpha value is -3.44. The lowest BCUT2D eigenvalue weighted by Crippen LogP contribution is -2.36. The van der Waals surface area contributed by atoms with Crippen molar-refractivity contribution in [1.29, 1.82) is 0 Å². The van der Waals surface area contributed by atoms with Crippen LogP contribution in [0, 0.1) is 0 Å². The Balaban J connectivity index is 1.95. The number of hydrogen-bond donors (Lipinski definition) is 1. The number of benzene rings is 3. The van der Waals surface area contributed by atoms with Crippen LogP contribution in [0.3, 0.4) is 0 Å². The van der Waals surface area contributed by atoms with E-state index in [4.69, 9.17) is 16.6 Å². The number of carboxylic acid groups (broad SMARTS) is 1. The molecule has 1 amide bonds. The fourth-order valence-electron chi connectivity index (χ4n) is 3.56. The maximum absolute atomic E-state index is 13.3. The number of aromatic carboxylic acids is 1. The van der Waals surface area contributed by atoms with E-state index in [1.807, 2.05) is 60.7 Å². The highest BCUT2D eigenvalue weighted by molar-refractivity contribution is 6.35. The van der Waals surface area contributed by atoms with Crippen molar-refractivity contribution in [3.63, 3.8) is 0 Å². The molecule has 0 saturated carbocycles. The molecule has 1 unspecified atom stereocenters. The van der Waals surface area contributed by atoms with Gasteiger partial charge >= 0.3 is 5.97 Å². The standard InChI is InChI=1S/C24H19ClN2O3/c1-15-23(28)27(14-16-8-4-2-5-9-16)21-13-18(24(29)30)20(25)12-19(21)22(26-15)17-10-6-3-7-11-17/h2-13,15H,14H2,1H3,(H,29,30). The van der Waals surface area contributed by atoms with Gasteiger partial charge in [-0.3, -0.25) is 9.79 Å². The van der Waals surface area contributed by atoms with E-state index in [9.17, 15) is 14.7 Å². The highest BCUT2D eigenvalue weighted by Gasteiger charge is 2.31. The second kappa shape index (κ2) is 8.13. The summed E-state index contributed by atoms with van der Waals surface area (Å²) in [4.78, 5) is 31.3. The van der Waals surface area contributed by atoms with Crippen LogP contribution in [0.25, 0.3) is 0 Å². The molecule has 0 bridgehead atoms. The molecule has 3 aromatic rings. The normalized spacial score (nSPS) is 15.9. The largest absolute Gasteiger partial charge is 0.478 e. The van der Waals surface area contributed by atoms with Gasteiger partial charge in [0.2, 0.25) is 0 Å². The summed E-state index contributed by atoms with van der Waals surface area (Å²) in [6, 6.07) is 21.5. The van der Waals surface area contributed by atoms with Crippen LogP contribution in [0.1, 0.15) is 34.0 Å². The van der Waals surface area contributed by atoms with Crippen molar-refractivity contribution in [3.8, 4) is 0 Å². The number of nitrogens with zero attached hydrogens (tertiary/aromatic N) is 2. The van der Waals surface area contributed by atoms with Gasteiger partial charge in [-0.15, -0.1) is 0 Å². The number of halogens is 1. The molecule has 0 saturated heterocycles. The van der Waals surface area contributed by atoms with E-state index in [1.54, 1.807) is 17.9 Å². The first-order chi connectivity index (χ1) is 14.5. The lowest BCUT2D eigenvalue weighted by Gasteiger charge is -2.25. The van der Waals surface area contributed by atoms with Gasteiger partial charge < -0.3 is 10.0 Å². The number of benzodiazepines with no additional fused rings is 1. The molecular formula is C24H19ClN2O3. The third-order valence-electron chi connectivity index (χ3n) is 5.04. The average molecular weight is 419 g/mol. The number of carboxylic acids is 1. The Morgan fingerprint density at radius 1 is 1.07 bits per heavy atom. The van der Waals surface area contributed by atoms with Crippen molar-refractivity contribution in [2.45, 2.75) is 19.5 Å². The van der Waals surface area contributed by atoms with Gasteiger partial charge in [-0.1, -0.05) is 72.3 Å². The number of fused-ring (bicyclic) bond motifs is 1. The number of rotatable bonds is 4. The SMILES string of the molecule is CC1N=C(c2ccccc2)c2cc(Cl)c(C(=O)O)cc2N(Cc2ccccc2)C1=O. The summed E-state index contributed by atoms with van der Waals surface area (Å²) in [7, 11) is 0. The fraction of sp³-hybridized carbons (Fsp3) is 0.125. The van der Waals surface area contributed by atoms with Gasteiger partial charge in [0.05, 0.1) is 28.5 Å². The molecule has 4 rings (SSSR count). The van der Waals surface area contributed by atoms with Crippen LogP contribution < -0.4 is 4.90 Å². The minimum atomic E-state index is -1.15. The summed E-state index contributed by atoms with van der Waals surface area (Å²) >= 11 is 6.30. The minimum absolute atomic E-state index is 0.0526. The van der Waals surface area contributed by atoms with Crippen molar-refractivity contribution < 1.29 is 14.7 Å². The third-order valence-corrected chi connectivity index (χ3v) is 5.35. The zero-order valence-electron chi connectivity index (χ0n) is 16.2. The van der Waals surface area contributed by atoms with Crippen LogP contribution in [0.15, 0.2) is 77.8 Å². The first-order valence-corrected chi connectivity index (χ1v) is 9.89. The molecule has 30 heavy (non-hydrogen) atoms. The van der Waals surface area contributed by atoms with Crippen molar-refractivity contribution in [1.82, 2.24) is 0 Å². The molecule has 3 aromatic carbocycles. The lowest BCUT2D eigenvalue weighted by atomic mass is 9.98. The van der Waals surface area contributed by atoms with Crippen molar-refractivity contribution >= 4 is 34.9 Å². The van der Waals surface area contributed by atoms with Gasteiger partial charge in [0.25, 0.3) is 5.91 Å². The third kappa shape index (κ3) is 3.72. The Morgan fingerprint density at radius 3 is 2.33 bits per heavy atom. The first kappa shape index (κ1) is 19.9. The molecule has 1 aliphatic heterocycles. The molecule has 6 heteroatoms. The van der Waals surface area contributed by atoms with E-state index in [1.165, 1.54) is 6.07 Å². The van der Waals surface area contributed by atoms with Crippen molar-refractivity contribution in [2.24, 2.45) is 4.99 Å². The maximum Gasteiger partial charge on any atom is 0.337 e. The molecule has 0 aliphatic carbocycles. The first-order valence-electron chi connectivity index (χ1n) is 9.51. The zero-order valence-corrected chi connectivity index (χ0v) is 17.0. The van der Waals surface area contributed by atoms with E-state index in [-0.39, 0.29) is 16.5 Å². The summed E-state index contributed by atoms with van der Waals surface area (Å²) in [5.41, 5.74) is 3.43. The number of hydrogen-bond acceptors (Lipinski definition) is 3. The Morgan fingerprint density at radius 2 is 1.70 bits per heavy atom.